The molecular formula is C32H36N2O2. The number of benzene rings is 2. The predicted molar refractivity (Wildman–Crippen MR) is 142 cm³/mol. The molecule has 1 heterocycles. The van der Waals surface area contributed by atoms with E-state index in [0.29, 0.717) is 17.8 Å². The van der Waals surface area contributed by atoms with Gasteiger partial charge in [0.05, 0.1) is 6.04 Å². The van der Waals surface area contributed by atoms with E-state index in [-0.39, 0.29) is 34.5 Å². The van der Waals surface area contributed by atoms with Crippen molar-refractivity contribution in [3.63, 3.8) is 0 Å². The predicted octanol–water partition coefficient (Wildman–Crippen LogP) is 5.58. The Hall–Kier alpha value is -3.14. The smallest absolute Gasteiger partial charge is 0.224 e. The van der Waals surface area contributed by atoms with E-state index < -0.39 is 0 Å². The Morgan fingerprint density at radius 3 is 2.28 bits per heavy atom. The molecule has 4 aliphatic rings. The lowest BCUT2D eigenvalue weighted by Gasteiger charge is -2.57. The molecule has 4 heteroatoms. The standard InChI is InChI=1S/C32H36N2O2/c1-31-18-16-26-24(20-33-28-19-23(35)15-17-32(26,28)2)25(31)13-14-27(31)30(36)34-29(21-9-5-3-6-10-21)22-11-7-4-8-12-22/h3-12,15,17,19,24-27,29,33H,13-14,16,18,20H2,1-2H3,(H,34,36)/t24?,25?,26?,27-,31+,32-/m1/s1. The first-order valence-electron chi connectivity index (χ1n) is 13.5. The number of amides is 1. The van der Waals surface area contributed by atoms with E-state index in [9.17, 15) is 9.59 Å². The fourth-order valence-electron chi connectivity index (χ4n) is 8.12. The summed E-state index contributed by atoms with van der Waals surface area (Å²) in [7, 11) is 0. The minimum atomic E-state index is -0.147. The van der Waals surface area contributed by atoms with Crippen LogP contribution in [-0.4, -0.2) is 18.2 Å². The fourth-order valence-corrected chi connectivity index (χ4v) is 8.12. The molecule has 0 bridgehead atoms. The maximum absolute atomic E-state index is 14.0. The lowest BCUT2D eigenvalue weighted by atomic mass is 9.50. The van der Waals surface area contributed by atoms with Crippen LogP contribution in [0.5, 0.6) is 0 Å². The van der Waals surface area contributed by atoms with Crippen LogP contribution in [-0.2, 0) is 9.59 Å². The van der Waals surface area contributed by atoms with E-state index in [1.54, 1.807) is 12.2 Å². The highest BCUT2D eigenvalue weighted by molar-refractivity contribution is 6.01. The van der Waals surface area contributed by atoms with Gasteiger partial charge in [0.15, 0.2) is 5.78 Å². The van der Waals surface area contributed by atoms with Crippen LogP contribution < -0.4 is 10.6 Å². The summed E-state index contributed by atoms with van der Waals surface area (Å²) in [6.45, 7) is 5.56. The Labute approximate surface area is 214 Å². The van der Waals surface area contributed by atoms with E-state index in [2.05, 4.69) is 54.8 Å². The van der Waals surface area contributed by atoms with Gasteiger partial charge in [-0.2, -0.15) is 0 Å². The zero-order chi connectivity index (χ0) is 24.9. The molecule has 4 nitrogen and oxygen atoms in total. The number of fused-ring (bicyclic) bond motifs is 5. The molecule has 6 atom stereocenters. The van der Waals surface area contributed by atoms with Crippen molar-refractivity contribution in [2.24, 2.45) is 34.5 Å². The van der Waals surface area contributed by atoms with Crippen molar-refractivity contribution in [3.8, 4) is 0 Å². The lowest BCUT2D eigenvalue weighted by Crippen LogP contribution is -2.56. The summed E-state index contributed by atoms with van der Waals surface area (Å²) in [4.78, 5) is 26.0. The first-order valence-corrected chi connectivity index (χ1v) is 13.5. The van der Waals surface area contributed by atoms with Gasteiger partial charge in [0.25, 0.3) is 0 Å². The highest BCUT2D eigenvalue weighted by Crippen LogP contribution is 2.63. The molecule has 1 amide bonds. The second-order valence-corrected chi connectivity index (χ2v) is 11.8. The van der Waals surface area contributed by atoms with Gasteiger partial charge in [-0.05, 0) is 66.1 Å². The van der Waals surface area contributed by atoms with Gasteiger partial charge in [0.1, 0.15) is 0 Å². The van der Waals surface area contributed by atoms with Crippen LogP contribution in [0.4, 0.5) is 0 Å². The Morgan fingerprint density at radius 2 is 1.61 bits per heavy atom. The Bertz CT molecular complexity index is 1180. The van der Waals surface area contributed by atoms with Gasteiger partial charge in [0, 0.05) is 29.7 Å². The number of hydrogen-bond donors (Lipinski definition) is 2. The summed E-state index contributed by atoms with van der Waals surface area (Å²) in [5.41, 5.74) is 3.20. The third-order valence-electron chi connectivity index (χ3n) is 10.1. The molecule has 1 saturated heterocycles. The topological polar surface area (TPSA) is 58.2 Å². The number of rotatable bonds is 4. The molecule has 0 radical (unpaired) electrons. The largest absolute Gasteiger partial charge is 0.387 e. The number of piperidine rings is 1. The van der Waals surface area contributed by atoms with E-state index in [1.807, 2.05) is 36.4 Å². The Balaban J connectivity index is 1.25. The summed E-state index contributed by atoms with van der Waals surface area (Å²) < 4.78 is 0. The molecule has 0 spiro atoms. The maximum Gasteiger partial charge on any atom is 0.224 e. The van der Waals surface area contributed by atoms with Crippen LogP contribution in [0, 0.1) is 34.5 Å². The van der Waals surface area contributed by atoms with Crippen molar-refractivity contribution in [2.45, 2.75) is 45.6 Å². The van der Waals surface area contributed by atoms with Gasteiger partial charge in [-0.3, -0.25) is 9.59 Å². The summed E-state index contributed by atoms with van der Waals surface area (Å²) in [5.74, 6) is 1.83. The van der Waals surface area contributed by atoms with Crippen molar-refractivity contribution in [3.05, 3.63) is 95.7 Å². The minimum Gasteiger partial charge on any atom is -0.387 e. The second kappa shape index (κ2) is 8.76. The first kappa shape index (κ1) is 23.3. The van der Waals surface area contributed by atoms with Gasteiger partial charge in [0.2, 0.25) is 5.91 Å². The lowest BCUT2D eigenvalue weighted by molar-refractivity contribution is -0.132. The number of carbonyl (C=O) groups is 2. The highest BCUT2D eigenvalue weighted by Gasteiger charge is 2.60. The van der Waals surface area contributed by atoms with E-state index >= 15 is 0 Å². The zero-order valence-electron chi connectivity index (χ0n) is 21.2. The molecule has 3 unspecified atom stereocenters. The molecule has 0 aromatic heterocycles. The Kier molecular flexibility index (Phi) is 5.66. The molecule has 2 aromatic rings. The van der Waals surface area contributed by atoms with Gasteiger partial charge in [-0.25, -0.2) is 0 Å². The van der Waals surface area contributed by atoms with Crippen LogP contribution in [0.1, 0.15) is 56.7 Å². The van der Waals surface area contributed by atoms with Gasteiger partial charge in [-0.15, -0.1) is 0 Å². The third kappa shape index (κ3) is 3.65. The minimum absolute atomic E-state index is 0.00334. The van der Waals surface area contributed by atoms with Crippen LogP contribution in [0.2, 0.25) is 0 Å². The molecular weight excluding hydrogens is 444 g/mol. The summed E-state index contributed by atoms with van der Waals surface area (Å²) in [5, 5.41) is 7.10. The van der Waals surface area contributed by atoms with Crippen LogP contribution in [0.3, 0.4) is 0 Å². The van der Waals surface area contributed by atoms with E-state index in [0.717, 1.165) is 49.1 Å². The number of ketones is 1. The number of nitrogens with one attached hydrogen (secondary N) is 2. The Morgan fingerprint density at radius 1 is 0.944 bits per heavy atom. The monoisotopic (exact) mass is 480 g/mol. The second-order valence-electron chi connectivity index (χ2n) is 11.8. The molecule has 2 N–H and O–H groups in total. The molecule has 36 heavy (non-hydrogen) atoms. The van der Waals surface area contributed by atoms with Crippen molar-refractivity contribution in [1.29, 1.82) is 0 Å². The van der Waals surface area contributed by atoms with Gasteiger partial charge >= 0.3 is 0 Å². The van der Waals surface area contributed by atoms with Crippen molar-refractivity contribution >= 4 is 11.7 Å². The third-order valence-corrected chi connectivity index (χ3v) is 10.1. The molecule has 186 valence electrons. The zero-order valence-corrected chi connectivity index (χ0v) is 21.2. The quantitative estimate of drug-likeness (QED) is 0.600. The average Bonchev–Trinajstić information content (AvgIpc) is 3.26. The van der Waals surface area contributed by atoms with E-state index in [1.165, 1.54) is 0 Å². The number of carbonyl (C=O) groups excluding carboxylic acids is 2. The normalized spacial score (nSPS) is 34.8. The molecule has 2 aromatic carbocycles. The number of allylic oxidation sites excluding steroid dienone is 3. The van der Waals surface area contributed by atoms with Crippen LogP contribution in [0.15, 0.2) is 84.6 Å². The molecule has 3 aliphatic carbocycles. The van der Waals surface area contributed by atoms with E-state index in [4.69, 9.17) is 0 Å². The molecule has 2 saturated carbocycles. The van der Waals surface area contributed by atoms with Gasteiger partial charge < -0.3 is 10.6 Å². The molecule has 6 rings (SSSR count). The van der Waals surface area contributed by atoms with Crippen LogP contribution in [0.25, 0.3) is 0 Å². The van der Waals surface area contributed by atoms with Crippen LogP contribution >= 0.6 is 0 Å². The molecule has 1 aliphatic heterocycles. The van der Waals surface area contributed by atoms with Crippen molar-refractivity contribution < 1.29 is 9.59 Å². The fraction of sp³-hybridized carbons (Fsp3) is 0.438. The van der Waals surface area contributed by atoms with Gasteiger partial charge in [-0.1, -0.05) is 80.6 Å². The highest BCUT2D eigenvalue weighted by atomic mass is 16.2. The molecule has 3 fully saturated rings. The SMILES string of the molecule is C[C@]12C=CC(=O)C=C1NCC1C2CC[C@@]2(C)C1CC[C@@H]2C(=O)NC(c1ccccc1)c1ccccc1. The van der Waals surface area contributed by atoms with Crippen molar-refractivity contribution in [1.82, 2.24) is 10.6 Å². The number of hydrogen-bond acceptors (Lipinski definition) is 3. The summed E-state index contributed by atoms with van der Waals surface area (Å²) in [6.07, 6.45) is 9.87. The first-order chi connectivity index (χ1) is 17.4. The summed E-state index contributed by atoms with van der Waals surface area (Å²) in [6, 6.07) is 20.5. The van der Waals surface area contributed by atoms with Crippen molar-refractivity contribution in [2.75, 3.05) is 6.54 Å². The summed E-state index contributed by atoms with van der Waals surface area (Å²) >= 11 is 0. The average molecular weight is 481 g/mol. The maximum atomic E-state index is 14.0.